The number of hydrogen-bond acceptors (Lipinski definition) is 4. The van der Waals surface area contributed by atoms with Gasteiger partial charge in [0, 0.05) is 12.0 Å². The quantitative estimate of drug-likeness (QED) is 0.901. The number of carbonyl (C=O) groups is 1. The largest absolute Gasteiger partial charge is 0.469 e. The van der Waals surface area contributed by atoms with E-state index in [1.807, 2.05) is 0 Å². The van der Waals surface area contributed by atoms with Crippen LogP contribution < -0.4 is 5.32 Å². The van der Waals surface area contributed by atoms with Crippen LogP contribution in [0.25, 0.3) is 0 Å². The minimum absolute atomic E-state index is 0.136. The monoisotopic (exact) mass is 339 g/mol. The van der Waals surface area contributed by atoms with Crippen LogP contribution in [0.15, 0.2) is 38.0 Å². The van der Waals surface area contributed by atoms with Crippen molar-refractivity contribution in [1.82, 2.24) is 5.32 Å². The second-order valence-corrected chi connectivity index (χ2v) is 5.71. The third-order valence-corrected chi connectivity index (χ3v) is 4.01. The molecule has 1 atom stereocenters. The summed E-state index contributed by atoms with van der Waals surface area (Å²) in [6.45, 7) is 0.136. The van der Waals surface area contributed by atoms with Crippen LogP contribution in [0.3, 0.4) is 0 Å². The van der Waals surface area contributed by atoms with E-state index in [1.165, 1.54) is 0 Å². The predicted molar refractivity (Wildman–Crippen MR) is 74.3 cm³/mol. The van der Waals surface area contributed by atoms with Gasteiger partial charge in [0.15, 0.2) is 10.4 Å². The standard InChI is InChI=1S/C14H14BrNO4/c15-12-4-3-11(20-12)13(17)16-8-14(18)6-1-2-10-9(14)5-7-19-10/h3-5,7,18H,1-2,6,8H2,(H,16,17). The Morgan fingerprint density at radius 3 is 3.05 bits per heavy atom. The van der Waals surface area contributed by atoms with Crippen LogP contribution in [0, 0.1) is 0 Å². The summed E-state index contributed by atoms with van der Waals surface area (Å²) in [4.78, 5) is 11.9. The Morgan fingerprint density at radius 2 is 2.30 bits per heavy atom. The highest BCUT2D eigenvalue weighted by Crippen LogP contribution is 2.35. The van der Waals surface area contributed by atoms with Gasteiger partial charge < -0.3 is 19.3 Å². The van der Waals surface area contributed by atoms with E-state index in [9.17, 15) is 9.90 Å². The molecule has 106 valence electrons. The fraction of sp³-hybridized carbons (Fsp3) is 0.357. The van der Waals surface area contributed by atoms with Crippen LogP contribution in [0.4, 0.5) is 0 Å². The molecule has 20 heavy (non-hydrogen) atoms. The lowest BCUT2D eigenvalue weighted by Gasteiger charge is -2.31. The molecule has 0 radical (unpaired) electrons. The van der Waals surface area contributed by atoms with Gasteiger partial charge in [0.05, 0.1) is 12.8 Å². The van der Waals surface area contributed by atoms with E-state index in [2.05, 4.69) is 21.2 Å². The maximum Gasteiger partial charge on any atom is 0.287 e. The van der Waals surface area contributed by atoms with Crippen molar-refractivity contribution in [2.75, 3.05) is 6.54 Å². The molecule has 0 spiro atoms. The Balaban J connectivity index is 1.71. The van der Waals surface area contributed by atoms with Gasteiger partial charge in [-0.1, -0.05) is 0 Å². The Labute approximate surface area is 124 Å². The number of aryl methyl sites for hydroxylation is 1. The minimum Gasteiger partial charge on any atom is -0.469 e. The SMILES string of the molecule is O=C(NCC1(O)CCCc2occc21)c1ccc(Br)o1. The van der Waals surface area contributed by atoms with Crippen molar-refractivity contribution in [3.63, 3.8) is 0 Å². The first-order valence-electron chi connectivity index (χ1n) is 6.41. The molecule has 1 unspecified atom stereocenters. The molecule has 5 nitrogen and oxygen atoms in total. The van der Waals surface area contributed by atoms with Gasteiger partial charge in [-0.2, -0.15) is 0 Å². The zero-order valence-corrected chi connectivity index (χ0v) is 12.3. The highest BCUT2D eigenvalue weighted by molar-refractivity contribution is 9.10. The number of furan rings is 2. The number of fused-ring (bicyclic) bond motifs is 1. The Hall–Kier alpha value is -1.53. The Bertz CT molecular complexity index is 633. The number of halogens is 1. The van der Waals surface area contributed by atoms with Crippen LogP contribution >= 0.6 is 15.9 Å². The molecule has 2 aromatic heterocycles. The van der Waals surface area contributed by atoms with Crippen molar-refractivity contribution in [2.24, 2.45) is 0 Å². The summed E-state index contributed by atoms with van der Waals surface area (Å²) < 4.78 is 11.0. The molecule has 1 amide bonds. The van der Waals surface area contributed by atoms with Gasteiger partial charge in [0.25, 0.3) is 5.91 Å². The number of hydrogen-bond donors (Lipinski definition) is 2. The number of amides is 1. The Kier molecular flexibility index (Phi) is 3.43. The normalized spacial score (nSPS) is 21.5. The molecule has 0 saturated heterocycles. The molecule has 0 bridgehead atoms. The Morgan fingerprint density at radius 1 is 1.45 bits per heavy atom. The van der Waals surface area contributed by atoms with Crippen LogP contribution in [-0.2, 0) is 12.0 Å². The van der Waals surface area contributed by atoms with E-state index in [0.717, 1.165) is 24.2 Å². The summed E-state index contributed by atoms with van der Waals surface area (Å²) in [5.41, 5.74) is -0.301. The van der Waals surface area contributed by atoms with Gasteiger partial charge in [-0.15, -0.1) is 0 Å². The second-order valence-electron chi connectivity index (χ2n) is 4.93. The average molecular weight is 340 g/mol. The molecule has 0 aromatic carbocycles. The zero-order chi connectivity index (χ0) is 14.2. The van der Waals surface area contributed by atoms with Crippen molar-refractivity contribution >= 4 is 21.8 Å². The number of nitrogens with one attached hydrogen (secondary N) is 1. The lowest BCUT2D eigenvalue weighted by atomic mass is 9.83. The fourth-order valence-corrected chi connectivity index (χ4v) is 2.87. The molecule has 1 aliphatic carbocycles. The van der Waals surface area contributed by atoms with E-state index < -0.39 is 5.60 Å². The van der Waals surface area contributed by atoms with Crippen LogP contribution in [0.5, 0.6) is 0 Å². The van der Waals surface area contributed by atoms with Crippen LogP contribution in [-0.4, -0.2) is 17.6 Å². The molecule has 2 N–H and O–H groups in total. The zero-order valence-electron chi connectivity index (χ0n) is 10.7. The molecule has 1 aliphatic rings. The summed E-state index contributed by atoms with van der Waals surface area (Å²) in [6.07, 6.45) is 3.83. The number of carbonyl (C=O) groups excluding carboxylic acids is 1. The maximum atomic E-state index is 11.9. The molecule has 0 aliphatic heterocycles. The molecular weight excluding hydrogens is 326 g/mol. The van der Waals surface area contributed by atoms with Gasteiger partial charge in [0.2, 0.25) is 0 Å². The molecule has 3 rings (SSSR count). The van der Waals surface area contributed by atoms with Crippen molar-refractivity contribution in [3.05, 3.63) is 46.2 Å². The van der Waals surface area contributed by atoms with E-state index >= 15 is 0 Å². The third kappa shape index (κ3) is 2.41. The van der Waals surface area contributed by atoms with E-state index in [0.29, 0.717) is 11.1 Å². The fourth-order valence-electron chi connectivity index (χ4n) is 2.56. The highest BCUT2D eigenvalue weighted by Gasteiger charge is 2.36. The average Bonchev–Trinajstić information content (AvgIpc) is 3.06. The molecule has 6 heteroatoms. The van der Waals surface area contributed by atoms with Crippen molar-refractivity contribution in [1.29, 1.82) is 0 Å². The maximum absolute atomic E-state index is 11.9. The van der Waals surface area contributed by atoms with Gasteiger partial charge in [-0.25, -0.2) is 0 Å². The van der Waals surface area contributed by atoms with Gasteiger partial charge in [-0.05, 0) is 47.0 Å². The molecule has 2 aromatic rings. The topological polar surface area (TPSA) is 75.6 Å². The van der Waals surface area contributed by atoms with Gasteiger partial charge in [-0.3, -0.25) is 4.79 Å². The molecule has 0 saturated carbocycles. The summed E-state index contributed by atoms with van der Waals surface area (Å²) in [5.74, 6) is 0.664. The van der Waals surface area contributed by atoms with Crippen LogP contribution in [0.1, 0.15) is 34.7 Å². The molecule has 0 fully saturated rings. The predicted octanol–water partition coefficient (Wildman–Crippen LogP) is 2.59. The smallest absolute Gasteiger partial charge is 0.287 e. The van der Waals surface area contributed by atoms with Gasteiger partial charge in [0.1, 0.15) is 11.4 Å². The van der Waals surface area contributed by atoms with Crippen LogP contribution in [0.2, 0.25) is 0 Å². The number of aliphatic hydroxyl groups is 1. The lowest BCUT2D eigenvalue weighted by Crippen LogP contribution is -2.42. The van der Waals surface area contributed by atoms with Crippen molar-refractivity contribution in [3.8, 4) is 0 Å². The first-order valence-corrected chi connectivity index (χ1v) is 7.20. The van der Waals surface area contributed by atoms with E-state index in [1.54, 1.807) is 24.5 Å². The molecular formula is C14H14BrNO4. The van der Waals surface area contributed by atoms with E-state index in [4.69, 9.17) is 8.83 Å². The summed E-state index contributed by atoms with van der Waals surface area (Å²) >= 11 is 3.15. The summed E-state index contributed by atoms with van der Waals surface area (Å²) in [5, 5.41) is 13.4. The first kappa shape index (κ1) is 13.5. The second kappa shape index (κ2) is 5.10. The molecule has 2 heterocycles. The van der Waals surface area contributed by atoms with Gasteiger partial charge >= 0.3 is 0 Å². The lowest BCUT2D eigenvalue weighted by molar-refractivity contribution is 0.0166. The van der Waals surface area contributed by atoms with Crippen molar-refractivity contribution < 1.29 is 18.7 Å². The minimum atomic E-state index is -1.07. The number of rotatable bonds is 3. The van der Waals surface area contributed by atoms with E-state index in [-0.39, 0.29) is 18.2 Å². The first-order chi connectivity index (χ1) is 9.58. The summed E-state index contributed by atoms with van der Waals surface area (Å²) in [7, 11) is 0. The highest BCUT2D eigenvalue weighted by atomic mass is 79.9. The third-order valence-electron chi connectivity index (χ3n) is 3.58. The van der Waals surface area contributed by atoms with Crippen molar-refractivity contribution in [2.45, 2.75) is 24.9 Å². The summed E-state index contributed by atoms with van der Waals surface area (Å²) in [6, 6.07) is 5.00.